The summed E-state index contributed by atoms with van der Waals surface area (Å²) < 4.78 is 1.91. The van der Waals surface area contributed by atoms with Crippen molar-refractivity contribution in [3.8, 4) is 11.1 Å². The van der Waals surface area contributed by atoms with Crippen molar-refractivity contribution in [2.24, 2.45) is 7.05 Å². The lowest BCUT2D eigenvalue weighted by molar-refractivity contribution is 0.571. The molecule has 3 nitrogen and oxygen atoms in total. The first-order chi connectivity index (χ1) is 10.0. The Morgan fingerprint density at radius 3 is 2.38 bits per heavy atom. The second-order valence-electron chi connectivity index (χ2n) is 6.05. The van der Waals surface area contributed by atoms with Crippen LogP contribution in [0.15, 0.2) is 30.5 Å². The summed E-state index contributed by atoms with van der Waals surface area (Å²) >= 11 is 0. The van der Waals surface area contributed by atoms with Gasteiger partial charge in [0.2, 0.25) is 0 Å². The largest absolute Gasteiger partial charge is 0.310 e. The van der Waals surface area contributed by atoms with Gasteiger partial charge in [-0.1, -0.05) is 45.0 Å². The van der Waals surface area contributed by atoms with Crippen molar-refractivity contribution in [1.82, 2.24) is 15.1 Å². The summed E-state index contributed by atoms with van der Waals surface area (Å²) in [7, 11) is 1.99. The average molecular weight is 285 g/mol. The Morgan fingerprint density at radius 1 is 1.14 bits per heavy atom. The SMILES string of the molecule is CCCNC(C)c1ccc(-c2cn(C)nc2C(C)C)cc1. The highest BCUT2D eigenvalue weighted by molar-refractivity contribution is 5.66. The molecule has 0 amide bonds. The van der Waals surface area contributed by atoms with Gasteiger partial charge in [0.1, 0.15) is 0 Å². The summed E-state index contributed by atoms with van der Waals surface area (Å²) in [6, 6.07) is 9.27. The molecular weight excluding hydrogens is 258 g/mol. The van der Waals surface area contributed by atoms with Crippen LogP contribution in [0.2, 0.25) is 0 Å². The van der Waals surface area contributed by atoms with Gasteiger partial charge in [0.15, 0.2) is 0 Å². The van der Waals surface area contributed by atoms with E-state index < -0.39 is 0 Å². The van der Waals surface area contributed by atoms with E-state index in [1.165, 1.54) is 22.4 Å². The molecule has 0 aliphatic rings. The molecule has 1 unspecified atom stereocenters. The lowest BCUT2D eigenvalue weighted by atomic mass is 9.98. The zero-order valence-corrected chi connectivity index (χ0v) is 13.9. The predicted molar refractivity (Wildman–Crippen MR) is 89.4 cm³/mol. The van der Waals surface area contributed by atoms with Gasteiger partial charge in [-0.25, -0.2) is 0 Å². The summed E-state index contributed by atoms with van der Waals surface area (Å²) in [4.78, 5) is 0. The van der Waals surface area contributed by atoms with E-state index in [9.17, 15) is 0 Å². The van der Waals surface area contributed by atoms with Gasteiger partial charge >= 0.3 is 0 Å². The Morgan fingerprint density at radius 2 is 1.81 bits per heavy atom. The molecule has 0 saturated heterocycles. The normalized spacial score (nSPS) is 12.9. The third kappa shape index (κ3) is 3.73. The van der Waals surface area contributed by atoms with E-state index in [1.54, 1.807) is 0 Å². The number of aryl methyl sites for hydroxylation is 1. The van der Waals surface area contributed by atoms with Crippen LogP contribution in [0.5, 0.6) is 0 Å². The van der Waals surface area contributed by atoms with Crippen molar-refractivity contribution in [1.29, 1.82) is 0 Å². The minimum absolute atomic E-state index is 0.400. The first-order valence-electron chi connectivity index (χ1n) is 7.90. The number of hydrogen-bond acceptors (Lipinski definition) is 2. The summed E-state index contributed by atoms with van der Waals surface area (Å²) in [5.41, 5.74) is 5.00. The van der Waals surface area contributed by atoms with Crippen LogP contribution in [0, 0.1) is 0 Å². The molecule has 1 N–H and O–H groups in total. The minimum atomic E-state index is 0.400. The van der Waals surface area contributed by atoms with Gasteiger partial charge in [0.05, 0.1) is 5.69 Å². The zero-order chi connectivity index (χ0) is 15.4. The highest BCUT2D eigenvalue weighted by atomic mass is 15.3. The van der Waals surface area contributed by atoms with Crippen LogP contribution in [0.4, 0.5) is 0 Å². The lowest BCUT2D eigenvalue weighted by Gasteiger charge is -2.14. The second kappa shape index (κ2) is 6.90. The van der Waals surface area contributed by atoms with Gasteiger partial charge in [-0.05, 0) is 36.9 Å². The van der Waals surface area contributed by atoms with Crippen molar-refractivity contribution in [3.63, 3.8) is 0 Å². The van der Waals surface area contributed by atoms with Gasteiger partial charge < -0.3 is 5.32 Å². The highest BCUT2D eigenvalue weighted by Gasteiger charge is 2.13. The van der Waals surface area contributed by atoms with Crippen LogP contribution in [0.25, 0.3) is 11.1 Å². The molecule has 1 aromatic heterocycles. The number of hydrogen-bond donors (Lipinski definition) is 1. The van der Waals surface area contributed by atoms with E-state index in [-0.39, 0.29) is 0 Å². The van der Waals surface area contributed by atoms with Crippen molar-refractivity contribution in [2.45, 2.75) is 46.1 Å². The van der Waals surface area contributed by atoms with Crippen LogP contribution >= 0.6 is 0 Å². The summed E-state index contributed by atoms with van der Waals surface area (Å²) in [6.07, 6.45) is 3.28. The summed E-state index contributed by atoms with van der Waals surface area (Å²) in [5, 5.41) is 8.11. The number of aromatic nitrogens is 2. The fourth-order valence-corrected chi connectivity index (χ4v) is 2.58. The smallest absolute Gasteiger partial charge is 0.0728 e. The topological polar surface area (TPSA) is 29.9 Å². The maximum absolute atomic E-state index is 4.59. The third-order valence-corrected chi connectivity index (χ3v) is 3.83. The number of rotatable bonds is 6. The average Bonchev–Trinajstić information content (AvgIpc) is 2.87. The van der Waals surface area contributed by atoms with E-state index in [2.05, 4.69) is 68.6 Å². The Balaban J connectivity index is 2.23. The maximum atomic E-state index is 4.59. The Hall–Kier alpha value is -1.61. The van der Waals surface area contributed by atoms with Crippen LogP contribution in [-0.2, 0) is 7.05 Å². The van der Waals surface area contributed by atoms with Crippen LogP contribution in [-0.4, -0.2) is 16.3 Å². The van der Waals surface area contributed by atoms with Crippen LogP contribution in [0.1, 0.15) is 57.3 Å². The van der Waals surface area contributed by atoms with E-state index in [4.69, 9.17) is 0 Å². The van der Waals surface area contributed by atoms with E-state index in [1.807, 2.05) is 11.7 Å². The molecule has 1 aromatic carbocycles. The van der Waals surface area contributed by atoms with Crippen LogP contribution < -0.4 is 5.32 Å². The van der Waals surface area contributed by atoms with Gasteiger partial charge in [-0.2, -0.15) is 5.10 Å². The lowest BCUT2D eigenvalue weighted by Crippen LogP contribution is -2.19. The van der Waals surface area contributed by atoms with Gasteiger partial charge in [-0.3, -0.25) is 4.68 Å². The molecule has 1 heterocycles. The minimum Gasteiger partial charge on any atom is -0.310 e. The monoisotopic (exact) mass is 285 g/mol. The molecule has 3 heteroatoms. The summed E-state index contributed by atoms with van der Waals surface area (Å²) in [6.45, 7) is 9.85. The molecule has 1 atom stereocenters. The predicted octanol–water partition coefficient (Wildman–Crippen LogP) is 4.27. The number of benzene rings is 1. The fourth-order valence-electron chi connectivity index (χ4n) is 2.58. The quantitative estimate of drug-likeness (QED) is 0.859. The van der Waals surface area contributed by atoms with Crippen LogP contribution in [0.3, 0.4) is 0 Å². The molecule has 0 aliphatic heterocycles. The molecule has 114 valence electrons. The van der Waals surface area contributed by atoms with Crippen molar-refractivity contribution >= 4 is 0 Å². The molecule has 21 heavy (non-hydrogen) atoms. The van der Waals surface area contributed by atoms with E-state index in [0.717, 1.165) is 13.0 Å². The fraction of sp³-hybridized carbons (Fsp3) is 0.500. The zero-order valence-electron chi connectivity index (χ0n) is 13.9. The molecule has 0 spiro atoms. The first kappa shape index (κ1) is 15.8. The maximum Gasteiger partial charge on any atom is 0.0728 e. The molecular formula is C18H27N3. The Labute approximate surface area is 128 Å². The molecule has 2 aromatic rings. The molecule has 0 radical (unpaired) electrons. The molecule has 2 rings (SSSR count). The number of nitrogens with one attached hydrogen (secondary N) is 1. The Kier molecular flexibility index (Phi) is 5.18. The van der Waals surface area contributed by atoms with Crippen molar-refractivity contribution in [3.05, 3.63) is 41.7 Å². The highest BCUT2D eigenvalue weighted by Crippen LogP contribution is 2.28. The standard InChI is InChI=1S/C18H27N3/c1-6-11-19-14(4)15-7-9-16(10-8-15)17-12-21(5)20-18(17)13(2)3/h7-10,12-14,19H,6,11H2,1-5H3. The second-order valence-corrected chi connectivity index (χ2v) is 6.05. The molecule has 0 aliphatic carbocycles. The number of nitrogens with zero attached hydrogens (tertiary/aromatic N) is 2. The summed E-state index contributed by atoms with van der Waals surface area (Å²) in [5.74, 6) is 0.436. The molecule has 0 bridgehead atoms. The van der Waals surface area contributed by atoms with E-state index >= 15 is 0 Å². The third-order valence-electron chi connectivity index (χ3n) is 3.83. The Bertz CT molecular complexity index is 567. The van der Waals surface area contributed by atoms with Crippen molar-refractivity contribution < 1.29 is 0 Å². The van der Waals surface area contributed by atoms with Crippen molar-refractivity contribution in [2.75, 3.05) is 6.54 Å². The molecule has 0 saturated carbocycles. The van der Waals surface area contributed by atoms with Gasteiger partial charge in [0.25, 0.3) is 0 Å². The first-order valence-corrected chi connectivity index (χ1v) is 7.90. The van der Waals surface area contributed by atoms with Gasteiger partial charge in [0, 0.05) is 24.8 Å². The van der Waals surface area contributed by atoms with Gasteiger partial charge in [-0.15, -0.1) is 0 Å². The van der Waals surface area contributed by atoms with E-state index in [0.29, 0.717) is 12.0 Å². The molecule has 0 fully saturated rings.